The topological polar surface area (TPSA) is 88.6 Å². The molecule has 3 amide bonds. The van der Waals surface area contributed by atoms with Gasteiger partial charge in [0.05, 0.1) is 31.0 Å². The van der Waals surface area contributed by atoms with Crippen LogP contribution in [-0.4, -0.2) is 81.1 Å². The van der Waals surface area contributed by atoms with Gasteiger partial charge in [0.15, 0.2) is 18.1 Å². The minimum Gasteiger partial charge on any atom is -0.493 e. The zero-order chi connectivity index (χ0) is 27.4. The number of fused-ring (bicyclic) bond motifs is 1. The highest BCUT2D eigenvalue weighted by atomic mass is 16.5. The summed E-state index contributed by atoms with van der Waals surface area (Å²) in [5.74, 6) is 1.22. The number of methoxy groups -OCH3 is 2. The smallest absolute Gasteiger partial charge is 0.263 e. The number of nitrogens with zero attached hydrogens (tertiary/aromatic N) is 3. The SMILES string of the molecule is COc1ccc(CCN2C(=O)c3cccc(N4CCN(C(=O)COc5ccccc5)CC4)c3C2=O)cc1OC. The molecular formula is C30H31N3O6. The monoisotopic (exact) mass is 529 g/mol. The number of imide groups is 1. The van der Waals surface area contributed by atoms with Gasteiger partial charge >= 0.3 is 0 Å². The van der Waals surface area contributed by atoms with E-state index in [0.29, 0.717) is 61.0 Å². The lowest BCUT2D eigenvalue weighted by atomic mass is 10.1. The van der Waals surface area contributed by atoms with Crippen molar-refractivity contribution in [2.45, 2.75) is 6.42 Å². The molecule has 1 saturated heterocycles. The van der Waals surface area contributed by atoms with E-state index < -0.39 is 0 Å². The molecule has 0 bridgehead atoms. The molecule has 9 nitrogen and oxygen atoms in total. The maximum Gasteiger partial charge on any atom is 0.263 e. The summed E-state index contributed by atoms with van der Waals surface area (Å²) in [5.41, 5.74) is 2.51. The minimum atomic E-state index is -0.291. The Bertz CT molecular complexity index is 1370. The van der Waals surface area contributed by atoms with E-state index in [9.17, 15) is 14.4 Å². The van der Waals surface area contributed by atoms with Crippen LogP contribution in [0.1, 0.15) is 26.3 Å². The van der Waals surface area contributed by atoms with E-state index in [1.54, 1.807) is 25.2 Å². The number of anilines is 1. The van der Waals surface area contributed by atoms with Gasteiger partial charge in [0.2, 0.25) is 0 Å². The van der Waals surface area contributed by atoms with Crippen molar-refractivity contribution >= 4 is 23.4 Å². The Kier molecular flexibility index (Phi) is 7.67. The second-order valence-corrected chi connectivity index (χ2v) is 9.37. The van der Waals surface area contributed by atoms with Crippen molar-refractivity contribution in [2.24, 2.45) is 0 Å². The van der Waals surface area contributed by atoms with Crippen molar-refractivity contribution in [2.75, 3.05) is 58.5 Å². The fourth-order valence-corrected chi connectivity index (χ4v) is 5.01. The summed E-state index contributed by atoms with van der Waals surface area (Å²) in [6, 6.07) is 20.2. The summed E-state index contributed by atoms with van der Waals surface area (Å²) in [4.78, 5) is 44.5. The first-order chi connectivity index (χ1) is 19.0. The number of carbonyl (C=O) groups excluding carboxylic acids is 3. The van der Waals surface area contributed by atoms with Crippen molar-refractivity contribution in [3.63, 3.8) is 0 Å². The van der Waals surface area contributed by atoms with Gasteiger partial charge in [0.1, 0.15) is 5.75 Å². The van der Waals surface area contributed by atoms with Crippen molar-refractivity contribution in [1.29, 1.82) is 0 Å². The number of rotatable bonds is 9. The highest BCUT2D eigenvalue weighted by molar-refractivity contribution is 6.23. The van der Waals surface area contributed by atoms with Gasteiger partial charge in [-0.15, -0.1) is 0 Å². The molecule has 0 spiro atoms. The van der Waals surface area contributed by atoms with E-state index in [1.807, 2.05) is 60.7 Å². The van der Waals surface area contributed by atoms with Crippen molar-refractivity contribution in [3.8, 4) is 17.2 Å². The van der Waals surface area contributed by atoms with E-state index in [-0.39, 0.29) is 30.9 Å². The van der Waals surface area contributed by atoms with E-state index in [2.05, 4.69) is 4.90 Å². The lowest BCUT2D eigenvalue weighted by molar-refractivity contribution is -0.133. The van der Waals surface area contributed by atoms with Gasteiger partial charge in [0, 0.05) is 32.7 Å². The Morgan fingerprint density at radius 2 is 1.56 bits per heavy atom. The average Bonchev–Trinajstić information content (AvgIpc) is 3.24. The highest BCUT2D eigenvalue weighted by Gasteiger charge is 2.38. The maximum absolute atomic E-state index is 13.5. The van der Waals surface area contributed by atoms with Crippen molar-refractivity contribution in [3.05, 3.63) is 83.4 Å². The standard InChI is InChI=1S/C30H31N3O6/c1-37-25-12-11-21(19-26(25)38-2)13-14-33-29(35)23-9-6-10-24(28(23)30(33)36)31-15-17-32(18-16-31)27(34)20-39-22-7-4-3-5-8-22/h3-12,19H,13-18,20H2,1-2H3. The molecule has 39 heavy (non-hydrogen) atoms. The minimum absolute atomic E-state index is 0.0211. The number of hydrogen-bond donors (Lipinski definition) is 0. The van der Waals surface area contributed by atoms with Crippen LogP contribution in [0.5, 0.6) is 17.2 Å². The first-order valence-corrected chi connectivity index (χ1v) is 12.9. The van der Waals surface area contributed by atoms with Gasteiger partial charge < -0.3 is 24.0 Å². The number of amides is 3. The van der Waals surface area contributed by atoms with Crippen LogP contribution in [0.2, 0.25) is 0 Å². The van der Waals surface area contributed by atoms with Crippen LogP contribution in [0.15, 0.2) is 66.7 Å². The second kappa shape index (κ2) is 11.5. The molecule has 0 saturated carbocycles. The number of para-hydroxylation sites is 1. The van der Waals surface area contributed by atoms with E-state index >= 15 is 0 Å². The van der Waals surface area contributed by atoms with E-state index in [1.165, 1.54) is 4.90 Å². The van der Waals surface area contributed by atoms with Crippen LogP contribution < -0.4 is 19.1 Å². The summed E-state index contributed by atoms with van der Waals surface area (Å²) < 4.78 is 16.3. The zero-order valence-corrected chi connectivity index (χ0v) is 22.1. The summed E-state index contributed by atoms with van der Waals surface area (Å²) >= 11 is 0. The van der Waals surface area contributed by atoms with Gasteiger partial charge in [-0.2, -0.15) is 0 Å². The molecule has 202 valence electrons. The third-order valence-electron chi connectivity index (χ3n) is 7.13. The fourth-order valence-electron chi connectivity index (χ4n) is 5.01. The normalized spacial score (nSPS) is 14.9. The summed E-state index contributed by atoms with van der Waals surface area (Å²) in [7, 11) is 3.15. The first-order valence-electron chi connectivity index (χ1n) is 12.9. The lowest BCUT2D eigenvalue weighted by Crippen LogP contribution is -2.50. The van der Waals surface area contributed by atoms with E-state index in [4.69, 9.17) is 14.2 Å². The quantitative estimate of drug-likeness (QED) is 0.393. The average molecular weight is 530 g/mol. The van der Waals surface area contributed by atoms with Gasteiger partial charge in [-0.05, 0) is 48.4 Å². The maximum atomic E-state index is 13.5. The van der Waals surface area contributed by atoms with Crippen molar-refractivity contribution in [1.82, 2.24) is 9.80 Å². The number of carbonyl (C=O) groups is 3. The molecule has 5 rings (SSSR count). The van der Waals surface area contributed by atoms with Gasteiger partial charge in [0.25, 0.3) is 17.7 Å². The Morgan fingerprint density at radius 3 is 2.28 bits per heavy atom. The Morgan fingerprint density at radius 1 is 0.821 bits per heavy atom. The molecule has 2 aliphatic rings. The lowest BCUT2D eigenvalue weighted by Gasteiger charge is -2.36. The molecule has 2 aliphatic heterocycles. The molecule has 2 heterocycles. The van der Waals surface area contributed by atoms with Crippen molar-refractivity contribution < 1.29 is 28.6 Å². The van der Waals surface area contributed by atoms with Crippen LogP contribution in [0.3, 0.4) is 0 Å². The predicted molar refractivity (Wildman–Crippen MR) is 146 cm³/mol. The molecule has 0 aliphatic carbocycles. The van der Waals surface area contributed by atoms with Gasteiger partial charge in [-0.25, -0.2) is 0 Å². The predicted octanol–water partition coefficient (Wildman–Crippen LogP) is 3.27. The Labute approximate surface area is 227 Å². The van der Waals surface area contributed by atoms with Crippen LogP contribution in [0.25, 0.3) is 0 Å². The molecule has 0 aromatic heterocycles. The second-order valence-electron chi connectivity index (χ2n) is 9.37. The molecule has 3 aromatic rings. The number of ether oxygens (including phenoxy) is 3. The Hall–Kier alpha value is -4.53. The molecule has 3 aromatic carbocycles. The van der Waals surface area contributed by atoms with Gasteiger partial charge in [-0.1, -0.05) is 30.3 Å². The van der Waals surface area contributed by atoms with E-state index in [0.717, 1.165) is 11.3 Å². The molecular weight excluding hydrogens is 498 g/mol. The third-order valence-corrected chi connectivity index (χ3v) is 7.13. The van der Waals surface area contributed by atoms with Crippen LogP contribution in [0, 0.1) is 0 Å². The van der Waals surface area contributed by atoms with Crippen LogP contribution in [0.4, 0.5) is 5.69 Å². The molecule has 9 heteroatoms. The third kappa shape index (κ3) is 5.38. The molecule has 1 fully saturated rings. The number of hydrogen-bond acceptors (Lipinski definition) is 7. The largest absolute Gasteiger partial charge is 0.493 e. The number of piperazine rings is 1. The fraction of sp³-hybridized carbons (Fsp3) is 0.300. The summed E-state index contributed by atoms with van der Waals surface area (Å²) in [6.07, 6.45) is 0.493. The summed E-state index contributed by atoms with van der Waals surface area (Å²) in [5, 5.41) is 0. The summed E-state index contributed by atoms with van der Waals surface area (Å²) in [6.45, 7) is 2.36. The molecule has 0 unspecified atom stereocenters. The van der Waals surface area contributed by atoms with Crippen LogP contribution >= 0.6 is 0 Å². The Balaban J connectivity index is 1.22. The first kappa shape index (κ1) is 26.1. The van der Waals surface area contributed by atoms with Crippen LogP contribution in [-0.2, 0) is 11.2 Å². The molecule has 0 N–H and O–H groups in total. The van der Waals surface area contributed by atoms with Gasteiger partial charge in [-0.3, -0.25) is 19.3 Å². The highest BCUT2D eigenvalue weighted by Crippen LogP contribution is 2.33. The molecule has 0 atom stereocenters. The molecule has 0 radical (unpaired) electrons. The number of benzene rings is 3. The zero-order valence-electron chi connectivity index (χ0n) is 22.1.